The quantitative estimate of drug-likeness (QED) is 0.898. The largest absolute Gasteiger partial charge is 0.352 e. The summed E-state index contributed by atoms with van der Waals surface area (Å²) in [5, 5.41) is 13.3. The second kappa shape index (κ2) is 6.28. The summed E-state index contributed by atoms with van der Waals surface area (Å²) in [6.07, 6.45) is 0.304. The number of carbonyl (C=O) groups excluding carboxylic acids is 1. The number of rotatable bonds is 3. The molecule has 0 aliphatic heterocycles. The number of hydrogen-bond donors (Lipinski definition) is 1. The molecule has 23 heavy (non-hydrogen) atoms. The predicted molar refractivity (Wildman–Crippen MR) is 91.3 cm³/mol. The van der Waals surface area contributed by atoms with Crippen LogP contribution < -0.4 is 5.32 Å². The molecule has 2 aromatic carbocycles. The number of hydrogen-bond acceptors (Lipinski definition) is 3. The molecular formula is C19H15ClN2O. The highest BCUT2D eigenvalue weighted by Crippen LogP contribution is 2.37. The van der Waals surface area contributed by atoms with Crippen LogP contribution in [-0.4, -0.2) is 5.78 Å². The molecule has 4 heteroatoms. The van der Waals surface area contributed by atoms with E-state index in [1.54, 1.807) is 12.1 Å². The molecule has 114 valence electrons. The summed E-state index contributed by atoms with van der Waals surface area (Å²) >= 11 is 5.91. The van der Waals surface area contributed by atoms with Gasteiger partial charge in [-0.1, -0.05) is 41.4 Å². The van der Waals surface area contributed by atoms with E-state index >= 15 is 0 Å². The van der Waals surface area contributed by atoms with Crippen molar-refractivity contribution in [2.45, 2.75) is 19.3 Å². The zero-order chi connectivity index (χ0) is 16.4. The molecule has 1 unspecified atom stereocenters. The Kier molecular flexibility index (Phi) is 4.18. The van der Waals surface area contributed by atoms with Gasteiger partial charge in [0.15, 0.2) is 5.78 Å². The number of ketones is 1. The average Bonchev–Trinajstić information content (AvgIpc) is 2.86. The minimum absolute atomic E-state index is 0.0397. The van der Waals surface area contributed by atoms with Crippen molar-refractivity contribution in [1.29, 1.82) is 5.26 Å². The second-order valence-corrected chi connectivity index (χ2v) is 6.06. The number of aryl methyl sites for hydroxylation is 1. The molecule has 0 radical (unpaired) electrons. The van der Waals surface area contributed by atoms with Gasteiger partial charge in [0.1, 0.15) is 0 Å². The summed E-state index contributed by atoms with van der Waals surface area (Å²) in [4.78, 5) is 12.4. The number of nitrogens with zero attached hydrogens (tertiary/aromatic N) is 1. The zero-order valence-electron chi connectivity index (χ0n) is 12.6. The second-order valence-electron chi connectivity index (χ2n) is 5.62. The molecule has 1 aliphatic rings. The lowest BCUT2D eigenvalue weighted by atomic mass is 9.93. The van der Waals surface area contributed by atoms with Gasteiger partial charge in [-0.25, -0.2) is 0 Å². The maximum Gasteiger partial charge on any atom is 0.181 e. The van der Waals surface area contributed by atoms with Crippen LogP contribution in [0.5, 0.6) is 0 Å². The third kappa shape index (κ3) is 3.13. The van der Waals surface area contributed by atoms with Crippen LogP contribution in [0.15, 0.2) is 59.8 Å². The van der Waals surface area contributed by atoms with Crippen molar-refractivity contribution in [2.75, 3.05) is 5.32 Å². The molecule has 1 atom stereocenters. The normalized spacial score (nSPS) is 17.3. The van der Waals surface area contributed by atoms with Gasteiger partial charge in [0.2, 0.25) is 0 Å². The maximum atomic E-state index is 12.4. The van der Waals surface area contributed by atoms with Crippen LogP contribution in [0, 0.1) is 18.3 Å². The van der Waals surface area contributed by atoms with E-state index in [9.17, 15) is 10.1 Å². The van der Waals surface area contributed by atoms with Gasteiger partial charge >= 0.3 is 0 Å². The lowest BCUT2D eigenvalue weighted by Crippen LogP contribution is -2.07. The van der Waals surface area contributed by atoms with E-state index in [0.29, 0.717) is 22.7 Å². The summed E-state index contributed by atoms with van der Waals surface area (Å²) in [7, 11) is 0. The SMILES string of the molecule is Cc1ccc(NC2=C(C#N)C(c3ccc(Cl)cc3)CC2=O)cc1. The van der Waals surface area contributed by atoms with Crippen LogP contribution >= 0.6 is 11.6 Å². The maximum absolute atomic E-state index is 12.4. The van der Waals surface area contributed by atoms with Crippen molar-refractivity contribution < 1.29 is 4.79 Å². The van der Waals surface area contributed by atoms with Crippen LogP contribution in [0.4, 0.5) is 5.69 Å². The Morgan fingerprint density at radius 3 is 2.39 bits per heavy atom. The number of allylic oxidation sites excluding steroid dienone is 2. The fraction of sp³-hybridized carbons (Fsp3) is 0.158. The molecule has 2 aromatic rings. The summed E-state index contributed by atoms with van der Waals surface area (Å²) in [5.41, 5.74) is 3.76. The third-order valence-electron chi connectivity index (χ3n) is 4.00. The molecule has 0 saturated carbocycles. The minimum Gasteiger partial charge on any atom is -0.352 e. The molecule has 0 bridgehead atoms. The fourth-order valence-corrected chi connectivity index (χ4v) is 2.87. The van der Waals surface area contributed by atoms with E-state index in [1.165, 1.54) is 0 Å². The fourth-order valence-electron chi connectivity index (χ4n) is 2.75. The number of anilines is 1. The van der Waals surface area contributed by atoms with E-state index < -0.39 is 0 Å². The van der Waals surface area contributed by atoms with Crippen LogP contribution in [0.1, 0.15) is 23.5 Å². The molecule has 0 saturated heterocycles. The molecule has 1 N–H and O–H groups in total. The summed E-state index contributed by atoms with van der Waals surface area (Å²) in [6, 6.07) is 17.2. The number of nitriles is 1. The molecule has 1 aliphatic carbocycles. The topological polar surface area (TPSA) is 52.9 Å². The van der Waals surface area contributed by atoms with Gasteiger partial charge in [0.05, 0.1) is 17.3 Å². The number of carbonyl (C=O) groups is 1. The van der Waals surface area contributed by atoms with Crippen molar-refractivity contribution in [3.63, 3.8) is 0 Å². The highest BCUT2D eigenvalue weighted by molar-refractivity contribution is 6.30. The third-order valence-corrected chi connectivity index (χ3v) is 4.25. The van der Waals surface area contributed by atoms with Crippen molar-refractivity contribution >= 4 is 23.1 Å². The Morgan fingerprint density at radius 1 is 1.13 bits per heavy atom. The van der Waals surface area contributed by atoms with Gasteiger partial charge in [0.25, 0.3) is 0 Å². The number of benzene rings is 2. The first-order valence-corrected chi connectivity index (χ1v) is 7.73. The Hall–Kier alpha value is -2.57. The predicted octanol–water partition coefficient (Wildman–Crippen LogP) is 4.59. The summed E-state index contributed by atoms with van der Waals surface area (Å²) < 4.78 is 0. The molecule has 0 amide bonds. The van der Waals surface area contributed by atoms with Crippen molar-refractivity contribution in [2.24, 2.45) is 0 Å². The average molecular weight is 323 g/mol. The van der Waals surface area contributed by atoms with Gasteiger partial charge in [-0.3, -0.25) is 4.79 Å². The zero-order valence-corrected chi connectivity index (χ0v) is 13.4. The van der Waals surface area contributed by atoms with Gasteiger partial charge in [-0.15, -0.1) is 0 Å². The Bertz CT molecular complexity index is 814. The van der Waals surface area contributed by atoms with Crippen LogP contribution in [0.25, 0.3) is 0 Å². The monoisotopic (exact) mass is 322 g/mol. The first-order chi connectivity index (χ1) is 11.1. The van der Waals surface area contributed by atoms with E-state index in [1.807, 2.05) is 43.3 Å². The van der Waals surface area contributed by atoms with Crippen molar-refractivity contribution in [1.82, 2.24) is 0 Å². The van der Waals surface area contributed by atoms with Crippen LogP contribution in [0.2, 0.25) is 5.02 Å². The lowest BCUT2D eigenvalue weighted by Gasteiger charge is -2.10. The van der Waals surface area contributed by atoms with E-state index in [0.717, 1.165) is 16.8 Å². The first-order valence-electron chi connectivity index (χ1n) is 7.35. The van der Waals surface area contributed by atoms with Gasteiger partial charge < -0.3 is 5.32 Å². The Balaban J connectivity index is 1.94. The molecule has 0 heterocycles. The molecule has 0 spiro atoms. The molecule has 0 aromatic heterocycles. The number of Topliss-reactive ketones (excluding diaryl/α,β-unsaturated/α-hetero) is 1. The first kappa shape index (κ1) is 15.3. The Labute approximate surface area is 140 Å². The Morgan fingerprint density at radius 2 is 1.78 bits per heavy atom. The smallest absolute Gasteiger partial charge is 0.181 e. The van der Waals surface area contributed by atoms with E-state index in [-0.39, 0.29) is 11.7 Å². The van der Waals surface area contributed by atoms with Gasteiger partial charge in [-0.2, -0.15) is 5.26 Å². The van der Waals surface area contributed by atoms with E-state index in [4.69, 9.17) is 11.6 Å². The lowest BCUT2D eigenvalue weighted by molar-refractivity contribution is -0.114. The molecule has 3 rings (SSSR count). The van der Waals surface area contributed by atoms with Crippen LogP contribution in [0.3, 0.4) is 0 Å². The highest BCUT2D eigenvalue weighted by atomic mass is 35.5. The summed E-state index contributed by atoms with van der Waals surface area (Å²) in [5.74, 6) is -0.250. The molecule has 0 fully saturated rings. The summed E-state index contributed by atoms with van der Waals surface area (Å²) in [6.45, 7) is 2.00. The molecule has 3 nitrogen and oxygen atoms in total. The van der Waals surface area contributed by atoms with Crippen molar-refractivity contribution in [3.8, 4) is 6.07 Å². The minimum atomic E-state index is -0.210. The number of nitrogens with one attached hydrogen (secondary N) is 1. The highest BCUT2D eigenvalue weighted by Gasteiger charge is 2.33. The van der Waals surface area contributed by atoms with Gasteiger partial charge in [0, 0.05) is 23.0 Å². The van der Waals surface area contributed by atoms with Crippen molar-refractivity contribution in [3.05, 3.63) is 76.0 Å². The number of halogens is 1. The molecular weight excluding hydrogens is 308 g/mol. The van der Waals surface area contributed by atoms with Crippen LogP contribution in [-0.2, 0) is 4.79 Å². The van der Waals surface area contributed by atoms with E-state index in [2.05, 4.69) is 11.4 Å². The standard InChI is InChI=1S/C19H15ClN2O/c1-12-2-8-15(9-3-12)22-19-17(11-21)16(10-18(19)23)13-4-6-14(20)7-5-13/h2-9,16,22H,10H2,1H3. The van der Waals surface area contributed by atoms with Gasteiger partial charge in [-0.05, 0) is 36.8 Å².